The summed E-state index contributed by atoms with van der Waals surface area (Å²) in [5, 5.41) is 12.7. The SMILES string of the molecule is C[C@H]1CN([C@@H](C)CO)C(=O)c2cc(-c3ccccc3)cnc2O[C@@H]1CN(C)C(=O)Nc1ccccc1. The molecular formula is C28H32N4O4. The van der Waals surface area contributed by atoms with Crippen molar-refractivity contribution in [3.63, 3.8) is 0 Å². The van der Waals surface area contributed by atoms with Crippen LogP contribution in [0.3, 0.4) is 0 Å². The molecule has 2 N–H and O–H groups in total. The third-order valence-corrected chi connectivity index (χ3v) is 6.45. The Balaban J connectivity index is 1.62. The van der Waals surface area contributed by atoms with Crippen LogP contribution < -0.4 is 10.1 Å². The number of urea groups is 1. The molecule has 0 saturated heterocycles. The van der Waals surface area contributed by atoms with Gasteiger partial charge < -0.3 is 25.0 Å². The number of aliphatic hydroxyl groups excluding tert-OH is 1. The fourth-order valence-corrected chi connectivity index (χ4v) is 4.20. The zero-order valence-electron chi connectivity index (χ0n) is 20.8. The summed E-state index contributed by atoms with van der Waals surface area (Å²) < 4.78 is 6.30. The number of aliphatic hydroxyl groups is 1. The van der Waals surface area contributed by atoms with Crippen molar-refractivity contribution in [2.45, 2.75) is 26.0 Å². The lowest BCUT2D eigenvalue weighted by molar-refractivity contribution is 0.0356. The summed E-state index contributed by atoms with van der Waals surface area (Å²) >= 11 is 0. The number of anilines is 1. The van der Waals surface area contributed by atoms with Crippen LogP contribution >= 0.6 is 0 Å². The van der Waals surface area contributed by atoms with Gasteiger partial charge in [-0.1, -0.05) is 55.5 Å². The van der Waals surface area contributed by atoms with Gasteiger partial charge in [0.25, 0.3) is 5.91 Å². The maximum absolute atomic E-state index is 13.6. The van der Waals surface area contributed by atoms with Gasteiger partial charge in [0.1, 0.15) is 11.7 Å². The molecule has 0 fully saturated rings. The number of fused-ring (bicyclic) bond motifs is 1. The summed E-state index contributed by atoms with van der Waals surface area (Å²) in [6.07, 6.45) is 1.27. The number of carbonyl (C=O) groups is 2. The summed E-state index contributed by atoms with van der Waals surface area (Å²) in [5.41, 5.74) is 2.78. The first kappa shape index (κ1) is 25.2. The van der Waals surface area contributed by atoms with E-state index in [4.69, 9.17) is 4.74 Å². The molecule has 0 bridgehead atoms. The molecule has 1 aromatic heterocycles. The third kappa shape index (κ3) is 5.66. The van der Waals surface area contributed by atoms with Crippen LogP contribution in [-0.4, -0.2) is 70.7 Å². The number of pyridine rings is 1. The first-order valence-corrected chi connectivity index (χ1v) is 12.1. The molecule has 0 saturated carbocycles. The molecule has 2 heterocycles. The highest BCUT2D eigenvalue weighted by Gasteiger charge is 2.34. The largest absolute Gasteiger partial charge is 0.472 e. The molecule has 4 rings (SSSR count). The normalized spacial score (nSPS) is 18.3. The van der Waals surface area contributed by atoms with Crippen LogP contribution in [0.15, 0.2) is 72.9 Å². The van der Waals surface area contributed by atoms with Gasteiger partial charge in [-0.15, -0.1) is 0 Å². The highest BCUT2D eigenvalue weighted by molar-refractivity contribution is 5.98. The van der Waals surface area contributed by atoms with E-state index in [2.05, 4.69) is 10.3 Å². The highest BCUT2D eigenvalue weighted by Crippen LogP contribution is 2.30. The Morgan fingerprint density at radius 1 is 1.17 bits per heavy atom. The van der Waals surface area contributed by atoms with E-state index >= 15 is 0 Å². The summed E-state index contributed by atoms with van der Waals surface area (Å²) in [6.45, 7) is 4.28. The number of para-hydroxylation sites is 1. The molecule has 8 heteroatoms. The number of rotatable bonds is 6. The van der Waals surface area contributed by atoms with Crippen LogP contribution in [0.1, 0.15) is 24.2 Å². The fraction of sp³-hybridized carbons (Fsp3) is 0.321. The van der Waals surface area contributed by atoms with Crippen LogP contribution in [0.25, 0.3) is 11.1 Å². The minimum absolute atomic E-state index is 0.126. The molecule has 0 spiro atoms. The van der Waals surface area contributed by atoms with Crippen molar-refractivity contribution in [1.29, 1.82) is 0 Å². The van der Waals surface area contributed by atoms with Gasteiger partial charge >= 0.3 is 6.03 Å². The minimum atomic E-state index is -0.424. The van der Waals surface area contributed by atoms with E-state index in [1.165, 1.54) is 0 Å². The second kappa shape index (κ2) is 11.2. The van der Waals surface area contributed by atoms with Crippen molar-refractivity contribution in [2.24, 2.45) is 5.92 Å². The van der Waals surface area contributed by atoms with Crippen molar-refractivity contribution < 1.29 is 19.4 Å². The van der Waals surface area contributed by atoms with Gasteiger partial charge in [0.2, 0.25) is 5.88 Å². The zero-order chi connectivity index (χ0) is 25.7. The van der Waals surface area contributed by atoms with Gasteiger partial charge in [0.15, 0.2) is 0 Å². The Hall–Kier alpha value is -3.91. The van der Waals surface area contributed by atoms with E-state index in [0.717, 1.165) is 11.1 Å². The van der Waals surface area contributed by atoms with E-state index in [1.807, 2.05) is 74.5 Å². The van der Waals surface area contributed by atoms with Crippen molar-refractivity contribution in [2.75, 3.05) is 32.1 Å². The Bertz CT molecular complexity index is 1190. The minimum Gasteiger partial charge on any atom is -0.472 e. The number of amides is 3. The number of nitrogens with one attached hydrogen (secondary N) is 1. The monoisotopic (exact) mass is 488 g/mol. The van der Waals surface area contributed by atoms with Gasteiger partial charge in [-0.3, -0.25) is 4.79 Å². The molecule has 1 aliphatic heterocycles. The lowest BCUT2D eigenvalue weighted by Gasteiger charge is -2.37. The van der Waals surface area contributed by atoms with Gasteiger partial charge in [-0.25, -0.2) is 9.78 Å². The topological polar surface area (TPSA) is 95.0 Å². The maximum atomic E-state index is 13.6. The molecule has 0 aliphatic carbocycles. The van der Waals surface area contributed by atoms with Crippen LogP contribution in [-0.2, 0) is 0 Å². The van der Waals surface area contributed by atoms with Crippen molar-refractivity contribution in [1.82, 2.24) is 14.8 Å². The average molecular weight is 489 g/mol. The Labute approximate surface area is 211 Å². The van der Waals surface area contributed by atoms with Crippen molar-refractivity contribution in [3.8, 4) is 17.0 Å². The fourth-order valence-electron chi connectivity index (χ4n) is 4.20. The number of aromatic nitrogens is 1. The van der Waals surface area contributed by atoms with Gasteiger partial charge in [-0.2, -0.15) is 0 Å². The number of hydrogen-bond acceptors (Lipinski definition) is 5. The average Bonchev–Trinajstić information content (AvgIpc) is 2.91. The number of ether oxygens (including phenoxy) is 1. The van der Waals surface area contributed by atoms with E-state index in [9.17, 15) is 14.7 Å². The molecule has 1 aliphatic rings. The van der Waals surface area contributed by atoms with Gasteiger partial charge in [0.05, 0.1) is 19.2 Å². The Morgan fingerprint density at radius 3 is 2.50 bits per heavy atom. The Morgan fingerprint density at radius 2 is 1.83 bits per heavy atom. The molecule has 3 atom stereocenters. The summed E-state index contributed by atoms with van der Waals surface area (Å²) in [4.78, 5) is 34.1. The second-order valence-corrected chi connectivity index (χ2v) is 9.24. The molecule has 3 aromatic rings. The quantitative estimate of drug-likeness (QED) is 0.544. The first-order valence-electron chi connectivity index (χ1n) is 12.1. The van der Waals surface area contributed by atoms with E-state index in [0.29, 0.717) is 17.8 Å². The highest BCUT2D eigenvalue weighted by atomic mass is 16.5. The smallest absolute Gasteiger partial charge is 0.321 e. The van der Waals surface area contributed by atoms with Gasteiger partial charge in [-0.05, 0) is 30.7 Å². The second-order valence-electron chi connectivity index (χ2n) is 9.24. The lowest BCUT2D eigenvalue weighted by atomic mass is 9.99. The van der Waals surface area contributed by atoms with Gasteiger partial charge in [0, 0.05) is 37.0 Å². The summed E-state index contributed by atoms with van der Waals surface area (Å²) in [6, 6.07) is 20.1. The molecule has 36 heavy (non-hydrogen) atoms. The van der Waals surface area contributed by atoms with Crippen LogP contribution in [0.5, 0.6) is 5.88 Å². The summed E-state index contributed by atoms with van der Waals surface area (Å²) in [5.74, 6) is -0.140. The number of benzene rings is 2. The standard InChI is InChI=1S/C28H32N4O4/c1-19-16-32(20(2)18-33)27(34)24-14-22(21-10-6-4-7-11-21)15-29-26(24)36-25(19)17-31(3)28(35)30-23-12-8-5-9-13-23/h4-15,19-20,25,33H,16-18H2,1-3H3,(H,30,35)/t19-,20-,25+/m0/s1. The van der Waals surface area contributed by atoms with Crippen molar-refractivity contribution in [3.05, 3.63) is 78.5 Å². The Kier molecular flexibility index (Phi) is 7.85. The maximum Gasteiger partial charge on any atom is 0.321 e. The number of hydrogen-bond donors (Lipinski definition) is 2. The predicted octanol–water partition coefficient (Wildman–Crippen LogP) is 4.13. The summed E-state index contributed by atoms with van der Waals surface area (Å²) in [7, 11) is 1.71. The van der Waals surface area contributed by atoms with Crippen LogP contribution in [0.2, 0.25) is 0 Å². The predicted molar refractivity (Wildman–Crippen MR) is 139 cm³/mol. The van der Waals surface area contributed by atoms with E-state index in [-0.39, 0.29) is 42.9 Å². The zero-order valence-corrected chi connectivity index (χ0v) is 20.8. The van der Waals surface area contributed by atoms with Crippen LogP contribution in [0, 0.1) is 5.92 Å². The molecule has 0 radical (unpaired) electrons. The number of likely N-dealkylation sites (N-methyl/N-ethyl adjacent to an activating group) is 1. The molecule has 188 valence electrons. The molecule has 2 aromatic carbocycles. The number of nitrogens with zero attached hydrogens (tertiary/aromatic N) is 3. The molecular weight excluding hydrogens is 456 g/mol. The molecule has 3 amide bonds. The number of carbonyl (C=O) groups excluding carboxylic acids is 2. The third-order valence-electron chi connectivity index (χ3n) is 6.45. The first-order chi connectivity index (χ1) is 17.4. The molecule has 0 unspecified atom stereocenters. The lowest BCUT2D eigenvalue weighted by Crippen LogP contribution is -2.50. The van der Waals surface area contributed by atoms with E-state index < -0.39 is 6.10 Å². The van der Waals surface area contributed by atoms with Crippen molar-refractivity contribution >= 4 is 17.6 Å². The molecule has 8 nitrogen and oxygen atoms in total. The van der Waals surface area contributed by atoms with Crippen LogP contribution in [0.4, 0.5) is 10.5 Å². The van der Waals surface area contributed by atoms with E-state index in [1.54, 1.807) is 29.1 Å².